The number of rotatable bonds is 4. The molecule has 1 saturated heterocycles. The van der Waals surface area contributed by atoms with Crippen LogP contribution in [0, 0.1) is 0 Å². The van der Waals surface area contributed by atoms with Gasteiger partial charge < -0.3 is 20.3 Å². The Morgan fingerprint density at radius 2 is 1.91 bits per heavy atom. The third kappa shape index (κ3) is 4.40. The molecule has 0 spiro atoms. The zero-order chi connectivity index (χ0) is 24.5. The van der Waals surface area contributed by atoms with Crippen molar-refractivity contribution in [3.05, 3.63) is 65.3 Å². The maximum atomic E-state index is 13.6. The Morgan fingerprint density at radius 3 is 2.63 bits per heavy atom. The molecule has 9 nitrogen and oxygen atoms in total. The van der Waals surface area contributed by atoms with E-state index in [2.05, 4.69) is 15.6 Å². The smallest absolute Gasteiger partial charge is 0.318 e. The predicted molar refractivity (Wildman–Crippen MR) is 135 cm³/mol. The highest BCUT2D eigenvalue weighted by molar-refractivity contribution is 6.30. The first-order valence-corrected chi connectivity index (χ1v) is 11.7. The van der Waals surface area contributed by atoms with E-state index in [1.165, 1.54) is 0 Å². The molecule has 2 aromatic carbocycles. The second kappa shape index (κ2) is 9.52. The number of hydrogen-bond donors (Lipinski definition) is 2. The van der Waals surface area contributed by atoms with Crippen LogP contribution in [0.25, 0.3) is 11.4 Å². The van der Waals surface area contributed by atoms with Crippen LogP contribution in [0.5, 0.6) is 0 Å². The van der Waals surface area contributed by atoms with E-state index in [0.717, 1.165) is 11.1 Å². The van der Waals surface area contributed by atoms with E-state index in [-0.39, 0.29) is 18.0 Å². The number of anilines is 3. The van der Waals surface area contributed by atoms with Crippen LogP contribution in [0.2, 0.25) is 5.02 Å². The molecule has 2 atom stereocenters. The second-order valence-corrected chi connectivity index (χ2v) is 8.84. The monoisotopic (exact) mass is 492 g/mol. The number of fused-ring (bicyclic) bond motifs is 3. The van der Waals surface area contributed by atoms with Crippen molar-refractivity contribution in [2.24, 2.45) is 0 Å². The van der Waals surface area contributed by atoms with Crippen molar-refractivity contribution in [1.29, 1.82) is 0 Å². The molecule has 0 aliphatic carbocycles. The van der Waals surface area contributed by atoms with Gasteiger partial charge in [-0.15, -0.1) is 0 Å². The normalized spacial score (nSPS) is 17.9. The quantitative estimate of drug-likeness (QED) is 0.573. The lowest BCUT2D eigenvalue weighted by atomic mass is 10.0. The Kier molecular flexibility index (Phi) is 6.27. The van der Waals surface area contributed by atoms with Crippen LogP contribution in [0.3, 0.4) is 0 Å². The van der Waals surface area contributed by atoms with Crippen molar-refractivity contribution in [2.45, 2.75) is 19.0 Å². The molecule has 1 unspecified atom stereocenters. The van der Waals surface area contributed by atoms with Crippen LogP contribution in [0.4, 0.5) is 22.0 Å². The van der Waals surface area contributed by atoms with Gasteiger partial charge >= 0.3 is 6.03 Å². The second-order valence-electron chi connectivity index (χ2n) is 8.40. The van der Waals surface area contributed by atoms with E-state index in [4.69, 9.17) is 21.3 Å². The molecule has 3 heterocycles. The summed E-state index contributed by atoms with van der Waals surface area (Å²) in [5.74, 6) is 1.20. The van der Waals surface area contributed by atoms with Crippen LogP contribution in [0.15, 0.2) is 54.7 Å². The third-order valence-corrected chi connectivity index (χ3v) is 6.55. The number of ether oxygens (including phenoxy) is 1. The highest BCUT2D eigenvalue weighted by Gasteiger charge is 2.43. The van der Waals surface area contributed by atoms with Crippen molar-refractivity contribution in [1.82, 2.24) is 15.3 Å². The van der Waals surface area contributed by atoms with Gasteiger partial charge in [0, 0.05) is 29.9 Å². The lowest BCUT2D eigenvalue weighted by molar-refractivity contribution is -0.123. The van der Waals surface area contributed by atoms with Crippen molar-refractivity contribution in [3.8, 4) is 11.4 Å². The maximum absolute atomic E-state index is 13.6. The Bertz CT molecular complexity index is 1250. The van der Waals surface area contributed by atoms with Gasteiger partial charge in [-0.2, -0.15) is 0 Å². The number of halogens is 1. The van der Waals surface area contributed by atoms with E-state index in [1.807, 2.05) is 48.2 Å². The largest absolute Gasteiger partial charge is 0.377 e. The van der Waals surface area contributed by atoms with Crippen molar-refractivity contribution < 1.29 is 14.3 Å². The molecular weight excluding hydrogens is 468 g/mol. The highest BCUT2D eigenvalue weighted by Crippen LogP contribution is 2.41. The van der Waals surface area contributed by atoms with E-state index in [9.17, 15) is 9.59 Å². The molecule has 1 fully saturated rings. The third-order valence-electron chi connectivity index (χ3n) is 6.30. The van der Waals surface area contributed by atoms with E-state index < -0.39 is 6.04 Å². The maximum Gasteiger partial charge on any atom is 0.318 e. The molecule has 10 heteroatoms. The summed E-state index contributed by atoms with van der Waals surface area (Å²) >= 11 is 6.07. The summed E-state index contributed by atoms with van der Waals surface area (Å²) < 4.78 is 5.65. The minimum absolute atomic E-state index is 0.0411. The van der Waals surface area contributed by atoms with Gasteiger partial charge in [-0.05, 0) is 48.9 Å². The highest BCUT2D eigenvalue weighted by atomic mass is 35.5. The number of urea groups is 1. The Morgan fingerprint density at radius 1 is 1.17 bits per heavy atom. The van der Waals surface area contributed by atoms with Gasteiger partial charge in [-0.25, -0.2) is 14.8 Å². The molecule has 0 bridgehead atoms. The summed E-state index contributed by atoms with van der Waals surface area (Å²) in [7, 11) is 1.56. The molecule has 3 aromatic rings. The number of nitrogens with zero attached hydrogens (tertiary/aromatic N) is 4. The lowest BCUT2D eigenvalue weighted by Gasteiger charge is -2.45. The summed E-state index contributed by atoms with van der Waals surface area (Å²) in [6, 6.07) is 13.8. The van der Waals surface area contributed by atoms with Crippen LogP contribution < -0.4 is 20.4 Å². The van der Waals surface area contributed by atoms with Gasteiger partial charge in [0.1, 0.15) is 11.7 Å². The first kappa shape index (κ1) is 23.1. The summed E-state index contributed by atoms with van der Waals surface area (Å²) in [4.78, 5) is 38.4. The summed E-state index contributed by atoms with van der Waals surface area (Å²) in [5, 5.41) is 5.90. The SMILES string of the molecule is CNC(=O)Nc1ccc(-c2ncc3c(n2)N2CCOC[C@@H]2C(=O)N3C(C)c2ccc(Cl)cc2)cc1. The van der Waals surface area contributed by atoms with Gasteiger partial charge in [-0.1, -0.05) is 23.7 Å². The average molecular weight is 493 g/mol. The van der Waals surface area contributed by atoms with Crippen LogP contribution in [-0.2, 0) is 9.53 Å². The van der Waals surface area contributed by atoms with Crippen molar-refractivity contribution in [2.75, 3.05) is 41.9 Å². The number of morpholine rings is 1. The zero-order valence-electron chi connectivity index (χ0n) is 19.4. The van der Waals surface area contributed by atoms with E-state index in [0.29, 0.717) is 47.8 Å². The first-order valence-electron chi connectivity index (χ1n) is 11.4. The fourth-order valence-electron chi connectivity index (χ4n) is 4.41. The Labute approximate surface area is 208 Å². The molecule has 2 N–H and O–H groups in total. The zero-order valence-corrected chi connectivity index (χ0v) is 20.1. The predicted octanol–water partition coefficient (Wildman–Crippen LogP) is 3.86. The van der Waals surface area contributed by atoms with E-state index in [1.54, 1.807) is 30.3 Å². The number of benzene rings is 2. The molecular formula is C25H25ClN6O3. The van der Waals surface area contributed by atoms with Gasteiger partial charge in [0.05, 0.1) is 25.5 Å². The summed E-state index contributed by atoms with van der Waals surface area (Å²) in [6.45, 7) is 3.38. The van der Waals surface area contributed by atoms with Crippen LogP contribution in [0.1, 0.15) is 18.5 Å². The minimum atomic E-state index is -0.451. The Hall–Kier alpha value is -3.69. The standard InChI is InChI=1S/C25H25ClN6O3/c1-15(16-3-7-18(26)8-4-16)32-20-13-28-22(17-5-9-19(10-6-17)29-25(34)27-2)30-23(20)31-11-12-35-14-21(31)24(32)33/h3-10,13,15,21H,11-12,14H2,1-2H3,(H2,27,29,34)/t15?,21-/m1/s1. The van der Waals surface area contributed by atoms with Gasteiger partial charge in [0.15, 0.2) is 11.6 Å². The minimum Gasteiger partial charge on any atom is -0.377 e. The lowest BCUT2D eigenvalue weighted by Crippen LogP contribution is -2.59. The number of hydrogen-bond acceptors (Lipinski definition) is 6. The molecule has 2 aliphatic heterocycles. The van der Waals surface area contributed by atoms with Crippen molar-refractivity contribution >= 4 is 40.7 Å². The van der Waals surface area contributed by atoms with Gasteiger partial charge in [-0.3, -0.25) is 9.69 Å². The van der Waals surface area contributed by atoms with Crippen molar-refractivity contribution in [3.63, 3.8) is 0 Å². The topological polar surface area (TPSA) is 99.7 Å². The number of carbonyl (C=O) groups excluding carboxylic acids is 2. The van der Waals surface area contributed by atoms with Crippen LogP contribution >= 0.6 is 11.6 Å². The first-order chi connectivity index (χ1) is 17.0. The fraction of sp³-hybridized carbons (Fsp3) is 0.280. The molecule has 0 radical (unpaired) electrons. The summed E-state index contributed by atoms with van der Waals surface area (Å²) in [6.07, 6.45) is 1.71. The number of amides is 3. The Balaban J connectivity index is 1.53. The molecule has 0 saturated carbocycles. The molecule has 1 aromatic heterocycles. The van der Waals surface area contributed by atoms with Gasteiger partial charge in [0.25, 0.3) is 5.91 Å². The van der Waals surface area contributed by atoms with E-state index >= 15 is 0 Å². The summed E-state index contributed by atoms with van der Waals surface area (Å²) in [5.41, 5.74) is 3.08. The van der Waals surface area contributed by atoms with Crippen LogP contribution in [-0.4, -0.2) is 54.8 Å². The van der Waals surface area contributed by atoms with Gasteiger partial charge in [0.2, 0.25) is 0 Å². The molecule has 3 amide bonds. The number of aromatic nitrogens is 2. The molecule has 35 heavy (non-hydrogen) atoms. The molecule has 5 rings (SSSR count). The average Bonchev–Trinajstić information content (AvgIpc) is 2.89. The number of carbonyl (C=O) groups is 2. The number of nitrogens with one attached hydrogen (secondary N) is 2. The molecule has 180 valence electrons. The molecule has 2 aliphatic rings. The fourth-order valence-corrected chi connectivity index (χ4v) is 4.54.